The number of hydrogen-bond donors (Lipinski definition) is 3. The van der Waals surface area contributed by atoms with Gasteiger partial charge >= 0.3 is 0 Å². The topological polar surface area (TPSA) is 70.6 Å². The van der Waals surface area contributed by atoms with Crippen molar-refractivity contribution in [1.29, 1.82) is 0 Å². The van der Waals surface area contributed by atoms with Crippen molar-refractivity contribution in [2.45, 2.75) is 13.5 Å². The number of ether oxygens (including phenoxy) is 1. The van der Waals surface area contributed by atoms with Crippen LogP contribution < -0.4 is 10.6 Å². The van der Waals surface area contributed by atoms with Gasteiger partial charge in [-0.1, -0.05) is 17.7 Å². The number of amides is 1. The monoisotopic (exact) mass is 252 g/mol. The van der Waals surface area contributed by atoms with Gasteiger partial charge in [0.15, 0.2) is 0 Å². The molecule has 0 aliphatic carbocycles. The minimum Gasteiger partial charge on any atom is -0.508 e. The van der Waals surface area contributed by atoms with E-state index in [9.17, 15) is 9.90 Å². The molecule has 0 atom stereocenters. The van der Waals surface area contributed by atoms with Crippen LogP contribution in [0.4, 0.5) is 0 Å². The van der Waals surface area contributed by atoms with E-state index in [0.29, 0.717) is 19.7 Å². The third-order valence-corrected chi connectivity index (χ3v) is 2.46. The van der Waals surface area contributed by atoms with E-state index in [1.807, 2.05) is 19.1 Å². The van der Waals surface area contributed by atoms with Crippen LogP contribution in [0.15, 0.2) is 18.2 Å². The predicted octanol–water partition coefficient (Wildman–Crippen LogP) is 0.553. The second-order valence-corrected chi connectivity index (χ2v) is 4.08. The number of carbonyl (C=O) groups excluding carboxylic acids is 1. The second-order valence-electron chi connectivity index (χ2n) is 4.08. The number of nitrogens with one attached hydrogen (secondary N) is 2. The molecule has 1 rings (SSSR count). The molecule has 0 heterocycles. The summed E-state index contributed by atoms with van der Waals surface area (Å²) in [6.07, 6.45) is 0. The van der Waals surface area contributed by atoms with Crippen LogP contribution in [0.25, 0.3) is 0 Å². The molecular weight excluding hydrogens is 232 g/mol. The van der Waals surface area contributed by atoms with Crippen LogP contribution in [0.1, 0.15) is 11.1 Å². The molecule has 3 N–H and O–H groups in total. The Bertz CT molecular complexity index is 394. The van der Waals surface area contributed by atoms with Crippen LogP contribution in [0.5, 0.6) is 5.75 Å². The van der Waals surface area contributed by atoms with Gasteiger partial charge in [0.1, 0.15) is 5.75 Å². The van der Waals surface area contributed by atoms with Crippen LogP contribution in [0, 0.1) is 6.92 Å². The quantitative estimate of drug-likeness (QED) is 0.620. The van der Waals surface area contributed by atoms with E-state index in [0.717, 1.165) is 11.1 Å². The lowest BCUT2D eigenvalue weighted by molar-refractivity contribution is -0.120. The van der Waals surface area contributed by atoms with Crippen molar-refractivity contribution < 1.29 is 14.6 Å². The summed E-state index contributed by atoms with van der Waals surface area (Å²) < 4.78 is 4.83. The van der Waals surface area contributed by atoms with Crippen LogP contribution in [-0.2, 0) is 16.1 Å². The number of methoxy groups -OCH3 is 1. The summed E-state index contributed by atoms with van der Waals surface area (Å²) in [4.78, 5) is 11.4. The van der Waals surface area contributed by atoms with E-state index in [4.69, 9.17) is 4.74 Å². The molecule has 0 fully saturated rings. The standard InChI is InChI=1S/C13H20N2O3/c1-10-3-4-12(16)11(7-10)8-14-9-13(17)15-5-6-18-2/h3-4,7,14,16H,5-6,8-9H2,1-2H3,(H,15,17). The summed E-state index contributed by atoms with van der Waals surface area (Å²) >= 11 is 0. The van der Waals surface area contributed by atoms with Gasteiger partial charge in [0.05, 0.1) is 13.2 Å². The average molecular weight is 252 g/mol. The Hall–Kier alpha value is -1.59. The highest BCUT2D eigenvalue weighted by atomic mass is 16.5. The van der Waals surface area contributed by atoms with E-state index in [1.54, 1.807) is 13.2 Å². The molecular formula is C13H20N2O3. The molecule has 0 radical (unpaired) electrons. The van der Waals surface area contributed by atoms with Crippen LogP contribution in [0.2, 0.25) is 0 Å². The number of aromatic hydroxyl groups is 1. The normalized spacial score (nSPS) is 10.3. The summed E-state index contributed by atoms with van der Waals surface area (Å²) in [6.45, 7) is 3.65. The van der Waals surface area contributed by atoms with Crippen molar-refractivity contribution in [3.63, 3.8) is 0 Å². The van der Waals surface area contributed by atoms with E-state index in [1.165, 1.54) is 0 Å². The van der Waals surface area contributed by atoms with Crippen molar-refractivity contribution in [2.24, 2.45) is 0 Å². The molecule has 0 aliphatic heterocycles. The van der Waals surface area contributed by atoms with Crippen molar-refractivity contribution in [3.05, 3.63) is 29.3 Å². The van der Waals surface area contributed by atoms with Gasteiger partial charge in [-0.05, 0) is 13.0 Å². The zero-order valence-electron chi connectivity index (χ0n) is 10.8. The first-order valence-electron chi connectivity index (χ1n) is 5.88. The third kappa shape index (κ3) is 5.16. The number of rotatable bonds is 7. The summed E-state index contributed by atoms with van der Waals surface area (Å²) in [5.41, 5.74) is 1.87. The lowest BCUT2D eigenvalue weighted by Gasteiger charge is -2.08. The van der Waals surface area contributed by atoms with Gasteiger partial charge in [0.25, 0.3) is 0 Å². The highest BCUT2D eigenvalue weighted by molar-refractivity contribution is 5.77. The molecule has 5 nitrogen and oxygen atoms in total. The SMILES string of the molecule is COCCNC(=O)CNCc1cc(C)ccc1O. The minimum absolute atomic E-state index is 0.0841. The van der Waals surface area contributed by atoms with Gasteiger partial charge in [-0.15, -0.1) is 0 Å². The Labute approximate surface area is 107 Å². The fourth-order valence-electron chi connectivity index (χ4n) is 1.52. The Morgan fingerprint density at radius 2 is 2.22 bits per heavy atom. The Balaban J connectivity index is 2.28. The molecule has 1 amide bonds. The van der Waals surface area contributed by atoms with E-state index in [2.05, 4.69) is 10.6 Å². The first-order valence-corrected chi connectivity index (χ1v) is 5.88. The van der Waals surface area contributed by atoms with Gasteiger partial charge in [0, 0.05) is 25.8 Å². The van der Waals surface area contributed by atoms with Gasteiger partial charge < -0.3 is 20.5 Å². The largest absolute Gasteiger partial charge is 0.508 e. The van der Waals surface area contributed by atoms with E-state index < -0.39 is 0 Å². The predicted molar refractivity (Wildman–Crippen MR) is 69.4 cm³/mol. The number of aryl methyl sites for hydroxylation is 1. The van der Waals surface area contributed by atoms with Crippen molar-refractivity contribution in [3.8, 4) is 5.75 Å². The molecule has 0 saturated carbocycles. The van der Waals surface area contributed by atoms with Crippen molar-refractivity contribution in [1.82, 2.24) is 10.6 Å². The summed E-state index contributed by atoms with van der Waals surface area (Å²) in [7, 11) is 1.59. The fraction of sp³-hybridized carbons (Fsp3) is 0.462. The molecule has 0 unspecified atom stereocenters. The molecule has 0 bridgehead atoms. The van der Waals surface area contributed by atoms with Crippen molar-refractivity contribution >= 4 is 5.91 Å². The van der Waals surface area contributed by atoms with Crippen molar-refractivity contribution in [2.75, 3.05) is 26.8 Å². The molecule has 18 heavy (non-hydrogen) atoms. The van der Waals surface area contributed by atoms with Gasteiger partial charge in [-0.25, -0.2) is 0 Å². The van der Waals surface area contributed by atoms with Gasteiger partial charge in [-0.2, -0.15) is 0 Å². The zero-order valence-corrected chi connectivity index (χ0v) is 10.8. The molecule has 0 spiro atoms. The molecule has 100 valence electrons. The smallest absolute Gasteiger partial charge is 0.234 e. The first-order chi connectivity index (χ1) is 8.63. The molecule has 1 aromatic rings. The zero-order chi connectivity index (χ0) is 13.4. The average Bonchev–Trinajstić information content (AvgIpc) is 2.34. The lowest BCUT2D eigenvalue weighted by atomic mass is 10.1. The minimum atomic E-state index is -0.0841. The Morgan fingerprint density at radius 3 is 2.94 bits per heavy atom. The summed E-state index contributed by atoms with van der Waals surface area (Å²) in [5.74, 6) is 0.159. The number of phenols is 1. The molecule has 0 aliphatic rings. The summed E-state index contributed by atoms with van der Waals surface area (Å²) in [5, 5.41) is 15.3. The number of carbonyl (C=O) groups is 1. The molecule has 1 aromatic carbocycles. The van der Waals surface area contributed by atoms with E-state index in [-0.39, 0.29) is 18.2 Å². The van der Waals surface area contributed by atoms with Gasteiger partial charge in [0.2, 0.25) is 5.91 Å². The first kappa shape index (κ1) is 14.5. The van der Waals surface area contributed by atoms with Crippen LogP contribution in [0.3, 0.4) is 0 Å². The Morgan fingerprint density at radius 1 is 1.44 bits per heavy atom. The molecule has 5 heteroatoms. The summed E-state index contributed by atoms with van der Waals surface area (Å²) in [6, 6.07) is 5.40. The second kappa shape index (κ2) is 7.68. The maximum absolute atomic E-state index is 11.4. The highest BCUT2D eigenvalue weighted by Crippen LogP contribution is 2.17. The number of phenolic OH excluding ortho intramolecular Hbond substituents is 1. The number of hydrogen-bond acceptors (Lipinski definition) is 4. The Kier molecular flexibility index (Phi) is 6.18. The third-order valence-electron chi connectivity index (χ3n) is 2.46. The highest BCUT2D eigenvalue weighted by Gasteiger charge is 2.03. The van der Waals surface area contributed by atoms with Crippen LogP contribution in [-0.4, -0.2) is 37.8 Å². The number of benzene rings is 1. The van der Waals surface area contributed by atoms with E-state index >= 15 is 0 Å². The maximum atomic E-state index is 11.4. The van der Waals surface area contributed by atoms with Gasteiger partial charge in [-0.3, -0.25) is 4.79 Å². The van der Waals surface area contributed by atoms with Crippen LogP contribution >= 0.6 is 0 Å². The lowest BCUT2D eigenvalue weighted by Crippen LogP contribution is -2.35. The molecule has 0 aromatic heterocycles. The fourth-order valence-corrected chi connectivity index (χ4v) is 1.52. The maximum Gasteiger partial charge on any atom is 0.234 e. The molecule has 0 saturated heterocycles.